The number of nitrogens with zero attached hydrogens (tertiary/aromatic N) is 5. The van der Waals surface area contributed by atoms with E-state index in [0.717, 1.165) is 29.3 Å². The Morgan fingerprint density at radius 3 is 2.36 bits per heavy atom. The fourth-order valence-electron chi connectivity index (χ4n) is 2.30. The lowest BCUT2D eigenvalue weighted by Gasteiger charge is -2.22. The van der Waals surface area contributed by atoms with E-state index in [1.54, 1.807) is 7.05 Å². The molecule has 0 aliphatic carbocycles. The second-order valence-electron chi connectivity index (χ2n) is 5.67. The van der Waals surface area contributed by atoms with E-state index in [1.807, 2.05) is 30.5 Å². The van der Waals surface area contributed by atoms with E-state index < -0.39 is 11.7 Å². The number of alkyl halides is 3. The van der Waals surface area contributed by atoms with Crippen LogP contribution in [-0.4, -0.2) is 39.7 Å². The molecule has 1 aromatic heterocycles. The third kappa shape index (κ3) is 4.71. The Bertz CT molecular complexity index is 733. The molecule has 2 aromatic rings. The van der Waals surface area contributed by atoms with Crippen LogP contribution in [0.4, 0.5) is 13.2 Å². The van der Waals surface area contributed by atoms with Crippen LogP contribution in [0.3, 0.4) is 0 Å². The first kappa shape index (κ1) is 18.8. The number of aliphatic imine (C=N–C) groups is 1. The number of rotatable bonds is 4. The van der Waals surface area contributed by atoms with Crippen molar-refractivity contribution in [1.82, 2.24) is 25.0 Å². The Morgan fingerprint density at radius 1 is 1.24 bits per heavy atom. The van der Waals surface area contributed by atoms with Gasteiger partial charge in [-0.2, -0.15) is 13.2 Å². The average Bonchev–Trinajstić information content (AvgIpc) is 2.87. The molecule has 0 saturated carbocycles. The number of benzene rings is 1. The van der Waals surface area contributed by atoms with Gasteiger partial charge in [0, 0.05) is 27.7 Å². The van der Waals surface area contributed by atoms with Crippen LogP contribution in [0.5, 0.6) is 0 Å². The molecule has 0 spiro atoms. The number of nitrogens with one attached hydrogen (secondary N) is 1. The van der Waals surface area contributed by atoms with Gasteiger partial charge in [0.2, 0.25) is 0 Å². The molecule has 0 atom stereocenters. The minimum atomic E-state index is -4.32. The molecule has 1 heterocycles. The van der Waals surface area contributed by atoms with Crippen LogP contribution < -0.4 is 5.32 Å². The lowest BCUT2D eigenvalue weighted by Crippen LogP contribution is -2.38. The van der Waals surface area contributed by atoms with E-state index in [9.17, 15) is 13.2 Å². The zero-order chi connectivity index (χ0) is 18.6. The molecule has 2 rings (SSSR count). The molecule has 0 aliphatic rings. The molecule has 0 radical (unpaired) electrons. The fourth-order valence-corrected chi connectivity index (χ4v) is 2.30. The number of aryl methyl sites for hydroxylation is 1. The van der Waals surface area contributed by atoms with Gasteiger partial charge in [0.1, 0.15) is 5.82 Å². The molecule has 6 nitrogen and oxygen atoms in total. The SMILES string of the molecule is CN=C(NCc1nnc(C)n1C)N(C)Cc1ccc(C(F)(F)F)cc1. The average molecular weight is 354 g/mol. The normalized spacial score (nSPS) is 12.4. The zero-order valence-electron chi connectivity index (χ0n) is 14.6. The van der Waals surface area contributed by atoms with E-state index in [-0.39, 0.29) is 0 Å². The van der Waals surface area contributed by atoms with Crippen molar-refractivity contribution in [2.75, 3.05) is 14.1 Å². The maximum atomic E-state index is 12.6. The van der Waals surface area contributed by atoms with Crippen molar-refractivity contribution in [2.45, 2.75) is 26.2 Å². The van der Waals surface area contributed by atoms with Crippen molar-refractivity contribution in [3.63, 3.8) is 0 Å². The minimum Gasteiger partial charge on any atom is -0.349 e. The summed E-state index contributed by atoms with van der Waals surface area (Å²) in [6, 6.07) is 5.11. The topological polar surface area (TPSA) is 58.3 Å². The maximum Gasteiger partial charge on any atom is 0.416 e. The van der Waals surface area contributed by atoms with Gasteiger partial charge in [-0.1, -0.05) is 12.1 Å². The summed E-state index contributed by atoms with van der Waals surface area (Å²) in [5.41, 5.74) is 0.104. The number of aromatic nitrogens is 3. The monoisotopic (exact) mass is 354 g/mol. The second kappa shape index (κ2) is 7.54. The summed E-state index contributed by atoms with van der Waals surface area (Å²) < 4.78 is 39.7. The van der Waals surface area contributed by atoms with E-state index in [4.69, 9.17) is 0 Å². The van der Waals surface area contributed by atoms with Gasteiger partial charge >= 0.3 is 6.18 Å². The van der Waals surface area contributed by atoms with Crippen molar-refractivity contribution < 1.29 is 13.2 Å². The molecule has 0 unspecified atom stereocenters. The second-order valence-corrected chi connectivity index (χ2v) is 5.67. The Balaban J connectivity index is 1.98. The van der Waals surface area contributed by atoms with E-state index in [0.29, 0.717) is 19.0 Å². The van der Waals surface area contributed by atoms with Gasteiger partial charge in [0.15, 0.2) is 11.8 Å². The smallest absolute Gasteiger partial charge is 0.349 e. The standard InChI is InChI=1S/C16H21F3N6/c1-11-22-23-14(25(11)4)9-21-15(20-2)24(3)10-12-5-7-13(8-6-12)16(17,18)19/h5-8H,9-10H2,1-4H3,(H,20,21). The predicted molar refractivity (Wildman–Crippen MR) is 88.8 cm³/mol. The first-order valence-corrected chi connectivity index (χ1v) is 7.65. The summed E-state index contributed by atoms with van der Waals surface area (Å²) in [6.07, 6.45) is -4.32. The molecule has 0 saturated heterocycles. The minimum absolute atomic E-state index is 0.426. The van der Waals surface area contributed by atoms with Crippen LogP contribution in [0.2, 0.25) is 0 Å². The molecule has 25 heavy (non-hydrogen) atoms. The summed E-state index contributed by atoms with van der Waals surface area (Å²) in [7, 11) is 5.34. The van der Waals surface area contributed by atoms with Gasteiger partial charge in [-0.15, -0.1) is 10.2 Å². The molecule has 0 fully saturated rings. The van der Waals surface area contributed by atoms with Gasteiger partial charge in [-0.05, 0) is 24.6 Å². The quantitative estimate of drug-likeness (QED) is 0.676. The summed E-state index contributed by atoms with van der Waals surface area (Å²) in [6.45, 7) is 2.74. The molecule has 0 aliphatic heterocycles. The highest BCUT2D eigenvalue weighted by Crippen LogP contribution is 2.29. The van der Waals surface area contributed by atoms with Crippen molar-refractivity contribution in [3.05, 3.63) is 47.0 Å². The lowest BCUT2D eigenvalue weighted by molar-refractivity contribution is -0.137. The van der Waals surface area contributed by atoms with Crippen molar-refractivity contribution in [3.8, 4) is 0 Å². The third-order valence-corrected chi connectivity index (χ3v) is 3.86. The molecule has 0 amide bonds. The molecule has 9 heteroatoms. The van der Waals surface area contributed by atoms with E-state index in [1.165, 1.54) is 12.1 Å². The Labute approximate surface area is 144 Å². The molecule has 136 valence electrons. The Morgan fingerprint density at radius 2 is 1.88 bits per heavy atom. The summed E-state index contributed by atoms with van der Waals surface area (Å²) in [5.74, 6) is 2.19. The highest BCUT2D eigenvalue weighted by atomic mass is 19.4. The fraction of sp³-hybridized carbons (Fsp3) is 0.438. The van der Waals surface area contributed by atoms with Crippen LogP contribution in [0.15, 0.2) is 29.3 Å². The van der Waals surface area contributed by atoms with Crippen LogP contribution in [0.1, 0.15) is 22.8 Å². The van der Waals surface area contributed by atoms with Gasteiger partial charge in [-0.3, -0.25) is 4.99 Å². The van der Waals surface area contributed by atoms with Crippen LogP contribution >= 0.6 is 0 Å². The van der Waals surface area contributed by atoms with E-state index in [2.05, 4.69) is 20.5 Å². The largest absolute Gasteiger partial charge is 0.416 e. The Hall–Kier alpha value is -2.58. The van der Waals surface area contributed by atoms with Crippen molar-refractivity contribution in [1.29, 1.82) is 0 Å². The number of halogens is 3. The third-order valence-electron chi connectivity index (χ3n) is 3.86. The van der Waals surface area contributed by atoms with Gasteiger partial charge in [-0.25, -0.2) is 0 Å². The summed E-state index contributed by atoms with van der Waals surface area (Å²) in [4.78, 5) is 6.01. The van der Waals surface area contributed by atoms with E-state index >= 15 is 0 Å². The summed E-state index contributed by atoms with van der Waals surface area (Å²) >= 11 is 0. The highest BCUT2D eigenvalue weighted by molar-refractivity contribution is 5.79. The molecule has 1 N–H and O–H groups in total. The first-order chi connectivity index (χ1) is 11.7. The maximum absolute atomic E-state index is 12.6. The van der Waals surface area contributed by atoms with Crippen molar-refractivity contribution in [2.24, 2.45) is 12.0 Å². The first-order valence-electron chi connectivity index (χ1n) is 7.65. The molecular formula is C16H21F3N6. The predicted octanol–water partition coefficient (Wildman–Crippen LogP) is 2.35. The summed E-state index contributed by atoms with van der Waals surface area (Å²) in [5, 5.41) is 11.2. The number of hydrogen-bond acceptors (Lipinski definition) is 3. The number of hydrogen-bond donors (Lipinski definition) is 1. The van der Waals surface area contributed by atoms with Crippen LogP contribution in [0, 0.1) is 6.92 Å². The Kier molecular flexibility index (Phi) is 5.66. The van der Waals surface area contributed by atoms with Gasteiger partial charge in [0.25, 0.3) is 0 Å². The van der Waals surface area contributed by atoms with Gasteiger partial charge in [0.05, 0.1) is 12.1 Å². The molecule has 1 aromatic carbocycles. The van der Waals surface area contributed by atoms with Crippen molar-refractivity contribution >= 4 is 5.96 Å². The van der Waals surface area contributed by atoms with Crippen LogP contribution in [0.25, 0.3) is 0 Å². The highest BCUT2D eigenvalue weighted by Gasteiger charge is 2.29. The number of guanidine groups is 1. The van der Waals surface area contributed by atoms with Crippen LogP contribution in [-0.2, 0) is 26.3 Å². The lowest BCUT2D eigenvalue weighted by atomic mass is 10.1. The van der Waals surface area contributed by atoms with Gasteiger partial charge < -0.3 is 14.8 Å². The zero-order valence-corrected chi connectivity index (χ0v) is 14.6. The molecular weight excluding hydrogens is 333 g/mol. The molecule has 0 bridgehead atoms.